The van der Waals surface area contributed by atoms with E-state index in [1.54, 1.807) is 18.2 Å². The van der Waals surface area contributed by atoms with Gasteiger partial charge in [0.25, 0.3) is 0 Å². The highest BCUT2D eigenvalue weighted by molar-refractivity contribution is 5.94. The molecule has 0 saturated heterocycles. The number of aliphatic hydroxyl groups excluding tert-OH is 1. The molecule has 2 fully saturated rings. The second-order valence-electron chi connectivity index (χ2n) is 9.48. The third kappa shape index (κ3) is 3.67. The van der Waals surface area contributed by atoms with E-state index < -0.39 is 17.5 Å². The zero-order valence-electron chi connectivity index (χ0n) is 18.1. The second-order valence-corrected chi connectivity index (χ2v) is 9.48. The topological polar surface area (TPSA) is 86.0 Å². The van der Waals surface area contributed by atoms with Crippen molar-refractivity contribution in [2.75, 3.05) is 6.61 Å². The molecule has 0 bridgehead atoms. The summed E-state index contributed by atoms with van der Waals surface area (Å²) in [5, 5.41) is 10.5. The van der Waals surface area contributed by atoms with E-state index in [0.29, 0.717) is 18.4 Å². The normalized spacial score (nSPS) is 36.4. The molecule has 1 N–H and O–H groups in total. The van der Waals surface area contributed by atoms with Gasteiger partial charge in [-0.2, -0.15) is 0 Å². The molecule has 0 radical (unpaired) electrons. The number of hydrogen-bond donors (Lipinski definition) is 1. The van der Waals surface area contributed by atoms with Crippen molar-refractivity contribution in [3.63, 3.8) is 0 Å². The minimum atomic E-state index is -0.576. The summed E-state index contributed by atoms with van der Waals surface area (Å²) < 4.78 is 15.9. The molecular weight excluding hydrogens is 396 g/mol. The number of cyclic esters (lactones) is 1. The molecule has 1 unspecified atom stereocenters. The molecule has 6 heteroatoms. The van der Waals surface area contributed by atoms with Crippen molar-refractivity contribution >= 4 is 11.9 Å². The van der Waals surface area contributed by atoms with Gasteiger partial charge in [0.15, 0.2) is 0 Å². The van der Waals surface area contributed by atoms with Crippen molar-refractivity contribution in [1.29, 1.82) is 0 Å². The van der Waals surface area contributed by atoms with E-state index in [4.69, 9.17) is 13.9 Å². The van der Waals surface area contributed by atoms with Crippen LogP contribution in [0.25, 0.3) is 0 Å². The Morgan fingerprint density at radius 2 is 2.19 bits per heavy atom. The summed E-state index contributed by atoms with van der Waals surface area (Å²) in [7, 11) is 0. The molecule has 5 atom stereocenters. The smallest absolute Gasteiger partial charge is 0.374 e. The van der Waals surface area contributed by atoms with Crippen LogP contribution in [-0.4, -0.2) is 29.8 Å². The fourth-order valence-electron chi connectivity index (χ4n) is 6.10. The molecule has 2 heterocycles. The van der Waals surface area contributed by atoms with Crippen molar-refractivity contribution in [2.24, 2.45) is 22.7 Å². The van der Waals surface area contributed by atoms with Crippen LogP contribution in [0.5, 0.6) is 0 Å². The highest BCUT2D eigenvalue weighted by Gasteiger charge is 2.58. The molecule has 2 saturated carbocycles. The molecule has 166 valence electrons. The van der Waals surface area contributed by atoms with Gasteiger partial charge in [0.2, 0.25) is 5.76 Å². The number of rotatable bonds is 5. The van der Waals surface area contributed by atoms with Gasteiger partial charge in [0, 0.05) is 5.41 Å². The first-order valence-electron chi connectivity index (χ1n) is 10.9. The number of furan rings is 1. The lowest BCUT2D eigenvalue weighted by molar-refractivity contribution is -0.154. The van der Waals surface area contributed by atoms with E-state index in [9.17, 15) is 14.7 Å². The lowest BCUT2D eigenvalue weighted by atomic mass is 9.46. The van der Waals surface area contributed by atoms with Crippen LogP contribution >= 0.6 is 0 Å². The number of ether oxygens (including phenoxy) is 2. The van der Waals surface area contributed by atoms with Crippen LogP contribution in [0, 0.1) is 22.7 Å². The Balaban J connectivity index is 1.58. The van der Waals surface area contributed by atoms with Crippen molar-refractivity contribution in [2.45, 2.75) is 52.1 Å². The Morgan fingerprint density at radius 1 is 1.39 bits per heavy atom. The van der Waals surface area contributed by atoms with E-state index in [2.05, 4.69) is 13.5 Å². The first kappa shape index (κ1) is 21.6. The Kier molecular flexibility index (Phi) is 5.69. The van der Waals surface area contributed by atoms with Crippen molar-refractivity contribution in [1.82, 2.24) is 0 Å². The van der Waals surface area contributed by atoms with Gasteiger partial charge in [-0.3, -0.25) is 0 Å². The van der Waals surface area contributed by atoms with Crippen LogP contribution < -0.4 is 0 Å². The number of aliphatic hydroxyl groups is 1. The molecule has 2 aliphatic carbocycles. The lowest BCUT2D eigenvalue weighted by Crippen LogP contribution is -2.58. The Bertz CT molecular complexity index is 926. The van der Waals surface area contributed by atoms with Gasteiger partial charge in [-0.1, -0.05) is 32.1 Å². The van der Waals surface area contributed by atoms with E-state index in [1.165, 1.54) is 18.1 Å². The Labute approximate surface area is 182 Å². The first-order chi connectivity index (χ1) is 14.8. The maximum absolute atomic E-state index is 12.5. The molecule has 0 spiro atoms. The van der Waals surface area contributed by atoms with Gasteiger partial charge in [-0.05, 0) is 67.6 Å². The van der Waals surface area contributed by atoms with Crippen molar-refractivity contribution in [3.8, 4) is 0 Å². The van der Waals surface area contributed by atoms with Crippen LogP contribution in [0.15, 0.2) is 59.0 Å². The number of hydrogen-bond acceptors (Lipinski definition) is 6. The second kappa shape index (κ2) is 8.15. The van der Waals surface area contributed by atoms with Gasteiger partial charge in [-0.15, -0.1) is 0 Å². The molecule has 1 aromatic rings. The highest BCUT2D eigenvalue weighted by Crippen LogP contribution is 2.62. The zero-order chi connectivity index (χ0) is 22.2. The molecular formula is C25H30O6. The van der Waals surface area contributed by atoms with Crippen molar-refractivity contribution < 1.29 is 28.6 Å². The summed E-state index contributed by atoms with van der Waals surface area (Å²) in [5.74, 6) is -0.323. The van der Waals surface area contributed by atoms with E-state index in [-0.39, 0.29) is 35.6 Å². The van der Waals surface area contributed by atoms with E-state index in [1.807, 2.05) is 13.0 Å². The number of fused-ring (bicyclic) bond motifs is 1. The molecule has 1 aliphatic heterocycles. The van der Waals surface area contributed by atoms with Gasteiger partial charge >= 0.3 is 11.9 Å². The van der Waals surface area contributed by atoms with Crippen LogP contribution in [0.4, 0.5) is 0 Å². The monoisotopic (exact) mass is 426 g/mol. The fourth-order valence-corrected chi connectivity index (χ4v) is 6.10. The average molecular weight is 427 g/mol. The summed E-state index contributed by atoms with van der Waals surface area (Å²) >= 11 is 0. The van der Waals surface area contributed by atoms with Gasteiger partial charge in [-0.25, -0.2) is 9.59 Å². The van der Waals surface area contributed by atoms with Crippen molar-refractivity contribution in [3.05, 3.63) is 60.3 Å². The summed E-state index contributed by atoms with van der Waals surface area (Å²) in [5.41, 5.74) is 1.05. The van der Waals surface area contributed by atoms with E-state index in [0.717, 1.165) is 19.3 Å². The molecule has 31 heavy (non-hydrogen) atoms. The largest absolute Gasteiger partial charge is 0.457 e. The van der Waals surface area contributed by atoms with Gasteiger partial charge in [0.1, 0.15) is 6.10 Å². The summed E-state index contributed by atoms with van der Waals surface area (Å²) in [6.07, 6.45) is 10.0. The molecule has 1 aromatic heterocycles. The number of allylic oxidation sites excluding steroid dienone is 2. The molecule has 4 rings (SSSR count). The third-order valence-corrected chi connectivity index (χ3v) is 7.86. The lowest BCUT2D eigenvalue weighted by Gasteiger charge is -2.60. The fraction of sp³-hybridized carbons (Fsp3) is 0.520. The van der Waals surface area contributed by atoms with Crippen LogP contribution in [0.2, 0.25) is 0 Å². The van der Waals surface area contributed by atoms with Gasteiger partial charge in [0.05, 0.1) is 24.7 Å². The van der Waals surface area contributed by atoms with Crippen LogP contribution in [-0.2, 0) is 14.3 Å². The summed E-state index contributed by atoms with van der Waals surface area (Å²) in [4.78, 5) is 24.4. The molecule has 6 nitrogen and oxygen atoms in total. The Morgan fingerprint density at radius 3 is 2.84 bits per heavy atom. The van der Waals surface area contributed by atoms with E-state index >= 15 is 0 Å². The minimum Gasteiger partial charge on any atom is -0.457 e. The molecule has 3 aliphatic rings. The molecule has 0 amide bonds. The molecule has 0 aromatic carbocycles. The predicted octanol–water partition coefficient (Wildman–Crippen LogP) is 4.57. The summed E-state index contributed by atoms with van der Waals surface area (Å²) in [6.45, 7) is 8.56. The third-order valence-electron chi connectivity index (χ3n) is 7.86. The van der Waals surface area contributed by atoms with Crippen LogP contribution in [0.3, 0.4) is 0 Å². The minimum absolute atomic E-state index is 0.0707. The maximum atomic E-state index is 12.5. The average Bonchev–Trinajstić information content (AvgIpc) is 3.42. The number of carbonyl (C=O) groups is 2. The van der Waals surface area contributed by atoms with Gasteiger partial charge < -0.3 is 19.0 Å². The maximum Gasteiger partial charge on any atom is 0.374 e. The zero-order valence-corrected chi connectivity index (χ0v) is 18.1. The highest BCUT2D eigenvalue weighted by atomic mass is 16.6. The first-order valence-corrected chi connectivity index (χ1v) is 10.9. The quantitative estimate of drug-likeness (QED) is 0.422. The number of carbonyl (C=O) groups excluding carboxylic acids is 2. The Hall–Kier alpha value is -2.60. The number of esters is 2. The van der Waals surface area contributed by atoms with Crippen LogP contribution in [0.1, 0.15) is 56.5 Å². The predicted molar refractivity (Wildman–Crippen MR) is 114 cm³/mol. The summed E-state index contributed by atoms with van der Waals surface area (Å²) in [6, 6.07) is 3.24. The SMILES string of the molecule is C=C1CCC2[C@](C)(CO)[C@H](OC(=O)c3ccco3)CC[C@@]2(C)[C@@H]1C/C=C1\C=COC1=O. The standard InChI is InChI=1S/C25H30O6/c1-16-6-9-20-24(2,18(16)8-7-17-11-14-30-22(17)27)12-10-21(25(20,3)15-26)31-23(28)19-5-4-13-29-19/h4-5,7,11,13-14,18,20-21,26H,1,6,8-10,12,15H2,2-3H3/b17-7+/t18-,20?,21-,24+,25+/m1/s1.